The third-order valence-electron chi connectivity index (χ3n) is 8.22. The molecule has 3 aromatic carbocycles. The van der Waals surface area contributed by atoms with E-state index >= 15 is 0 Å². The molecule has 1 aliphatic carbocycles. The number of sulfonamides is 1. The summed E-state index contributed by atoms with van der Waals surface area (Å²) in [5.41, 5.74) is 3.97. The Hall–Kier alpha value is -3.36. The van der Waals surface area contributed by atoms with Crippen LogP contribution in [0.3, 0.4) is 0 Å². The van der Waals surface area contributed by atoms with Crippen molar-refractivity contribution in [1.29, 1.82) is 0 Å². The molecule has 1 saturated carbocycles. The Labute approximate surface area is 225 Å². The molecular weight excluding hydrogens is 500 g/mol. The van der Waals surface area contributed by atoms with Crippen LogP contribution in [0.2, 0.25) is 0 Å². The third kappa shape index (κ3) is 4.16. The summed E-state index contributed by atoms with van der Waals surface area (Å²) < 4.78 is 39.1. The lowest BCUT2D eigenvalue weighted by atomic mass is 9.94. The molecule has 0 aromatic heterocycles. The monoisotopic (exact) mass is 534 g/mol. The quantitative estimate of drug-likeness (QED) is 0.428. The lowest BCUT2D eigenvalue weighted by molar-refractivity contribution is -0.118. The average molecular weight is 535 g/mol. The number of benzene rings is 3. The molecule has 2 fully saturated rings. The number of carbonyl (C=O) groups is 1. The molecule has 3 aliphatic rings. The molecule has 1 N–H and O–H groups in total. The van der Waals surface area contributed by atoms with E-state index in [9.17, 15) is 13.2 Å². The molecule has 0 radical (unpaired) electrons. The van der Waals surface area contributed by atoms with Gasteiger partial charge in [0.2, 0.25) is 22.7 Å². The molecule has 2 unspecified atom stereocenters. The van der Waals surface area contributed by atoms with Gasteiger partial charge in [-0.25, -0.2) is 8.42 Å². The Morgan fingerprint density at radius 3 is 2.32 bits per heavy atom. The van der Waals surface area contributed by atoms with Crippen molar-refractivity contribution < 1.29 is 24.1 Å². The molecule has 0 spiro atoms. The predicted octanol–water partition coefficient (Wildman–Crippen LogP) is 5.87. The van der Waals surface area contributed by atoms with Crippen LogP contribution >= 0.6 is 0 Å². The summed E-state index contributed by atoms with van der Waals surface area (Å²) >= 11 is 0. The summed E-state index contributed by atoms with van der Waals surface area (Å²) in [6.07, 6.45) is 3.32. The van der Waals surface area contributed by atoms with Gasteiger partial charge in [0, 0.05) is 19.2 Å². The van der Waals surface area contributed by atoms with Crippen LogP contribution in [0.1, 0.15) is 52.1 Å². The van der Waals surface area contributed by atoms with Gasteiger partial charge in [-0.2, -0.15) is 4.31 Å². The van der Waals surface area contributed by atoms with Crippen LogP contribution in [0.5, 0.6) is 11.5 Å². The zero-order valence-corrected chi connectivity index (χ0v) is 22.7. The topological polar surface area (TPSA) is 84.9 Å². The van der Waals surface area contributed by atoms with E-state index in [1.807, 2.05) is 69.3 Å². The maximum atomic E-state index is 13.4. The van der Waals surface area contributed by atoms with Gasteiger partial charge in [-0.15, -0.1) is 0 Å². The van der Waals surface area contributed by atoms with Gasteiger partial charge in [-0.05, 0) is 105 Å². The average Bonchev–Trinajstić information content (AvgIpc) is 3.46. The summed E-state index contributed by atoms with van der Waals surface area (Å²) in [6.45, 7) is 6.15. The first-order chi connectivity index (χ1) is 18.2. The van der Waals surface area contributed by atoms with Crippen LogP contribution in [0.25, 0.3) is 11.1 Å². The summed E-state index contributed by atoms with van der Waals surface area (Å²) in [5, 5.41) is 3.12. The van der Waals surface area contributed by atoms with Gasteiger partial charge in [-0.3, -0.25) is 4.79 Å². The Kier molecular flexibility index (Phi) is 6.00. The largest absolute Gasteiger partial charge is 0.454 e. The molecule has 2 heterocycles. The van der Waals surface area contributed by atoms with E-state index in [0.717, 1.165) is 47.9 Å². The van der Waals surface area contributed by atoms with E-state index < -0.39 is 15.4 Å². The van der Waals surface area contributed by atoms with Gasteiger partial charge in [-0.1, -0.05) is 24.3 Å². The van der Waals surface area contributed by atoms with E-state index in [4.69, 9.17) is 9.47 Å². The molecule has 7 nitrogen and oxygen atoms in total. The van der Waals surface area contributed by atoms with Crippen molar-refractivity contribution in [2.24, 2.45) is 0 Å². The van der Waals surface area contributed by atoms with Crippen molar-refractivity contribution in [2.75, 3.05) is 12.1 Å². The summed E-state index contributed by atoms with van der Waals surface area (Å²) in [7, 11) is -3.55. The number of nitrogens with one attached hydrogen (secondary N) is 1. The minimum Gasteiger partial charge on any atom is -0.454 e. The molecule has 1 saturated heterocycles. The number of carbonyl (C=O) groups excluding carboxylic acids is 1. The second-order valence-corrected chi connectivity index (χ2v) is 12.6. The minimum absolute atomic E-state index is 0. The number of hydrogen-bond acceptors (Lipinski definition) is 5. The number of hydrogen-bond donors (Lipinski definition) is 1. The van der Waals surface area contributed by atoms with Crippen LogP contribution in [-0.2, 0) is 20.2 Å². The smallest absolute Gasteiger partial charge is 0.243 e. The zero-order chi connectivity index (χ0) is 26.7. The number of rotatable bonds is 6. The van der Waals surface area contributed by atoms with Crippen LogP contribution in [0.15, 0.2) is 65.6 Å². The summed E-state index contributed by atoms with van der Waals surface area (Å²) in [4.78, 5) is 13.7. The van der Waals surface area contributed by atoms with Gasteiger partial charge in [0.1, 0.15) is 0 Å². The lowest BCUT2D eigenvalue weighted by Crippen LogP contribution is -2.38. The molecular formula is C30H34N2O5S. The highest BCUT2D eigenvalue weighted by molar-refractivity contribution is 7.89. The fourth-order valence-electron chi connectivity index (χ4n) is 5.80. The number of nitrogens with zero attached hydrogens (tertiary/aromatic N) is 1. The first-order valence-corrected chi connectivity index (χ1v) is 14.6. The Balaban J connectivity index is 0.00000308. The molecule has 6 rings (SSSR count). The zero-order valence-electron chi connectivity index (χ0n) is 21.9. The second kappa shape index (κ2) is 9.13. The lowest BCUT2D eigenvalue weighted by Gasteiger charge is -2.25. The van der Waals surface area contributed by atoms with Crippen LogP contribution in [0.4, 0.5) is 5.69 Å². The first kappa shape index (κ1) is 24.9. The highest BCUT2D eigenvalue weighted by atomic mass is 32.2. The number of ether oxygens (including phenoxy) is 2. The van der Waals surface area contributed by atoms with E-state index in [1.165, 1.54) is 0 Å². The maximum absolute atomic E-state index is 13.4. The SMILES string of the molecule is Cc1ccc(NC(=O)C2(c3ccc4c(c3)OCO4)CC2)cc1-c1ccc(S(=O)(=O)N2C(C)CCC2C)cc1.[HH]. The van der Waals surface area contributed by atoms with Gasteiger partial charge in [0.25, 0.3) is 0 Å². The van der Waals surface area contributed by atoms with Crippen LogP contribution < -0.4 is 14.8 Å². The number of aryl methyl sites for hydroxylation is 1. The minimum atomic E-state index is -3.55. The molecule has 2 aliphatic heterocycles. The number of fused-ring (bicyclic) bond motifs is 1. The van der Waals surface area contributed by atoms with Crippen molar-refractivity contribution >= 4 is 21.6 Å². The Bertz CT molecular complexity index is 1510. The molecule has 1 amide bonds. The normalized spacial score (nSPS) is 21.9. The van der Waals surface area contributed by atoms with E-state index in [1.54, 1.807) is 16.4 Å². The predicted molar refractivity (Wildman–Crippen MR) is 148 cm³/mol. The van der Waals surface area contributed by atoms with Gasteiger partial charge in [0.05, 0.1) is 10.3 Å². The van der Waals surface area contributed by atoms with Crippen LogP contribution in [-0.4, -0.2) is 37.5 Å². The Morgan fingerprint density at radius 2 is 1.63 bits per heavy atom. The van der Waals surface area contributed by atoms with Crippen molar-refractivity contribution in [2.45, 2.75) is 68.8 Å². The fraction of sp³-hybridized carbons (Fsp3) is 0.367. The van der Waals surface area contributed by atoms with E-state index in [2.05, 4.69) is 5.32 Å². The fourth-order valence-corrected chi connectivity index (χ4v) is 7.68. The number of amides is 1. The molecule has 8 heteroatoms. The van der Waals surface area contributed by atoms with Gasteiger partial charge >= 0.3 is 0 Å². The van der Waals surface area contributed by atoms with Crippen molar-refractivity contribution in [3.63, 3.8) is 0 Å². The van der Waals surface area contributed by atoms with Crippen LogP contribution in [0, 0.1) is 6.92 Å². The molecule has 3 aromatic rings. The van der Waals surface area contributed by atoms with Gasteiger partial charge in [0.15, 0.2) is 11.5 Å². The standard InChI is InChI=1S/C30H32N2O5S.H2/c1-19-4-10-24(31-29(33)30(14-15-30)23-9-13-27-28(16-23)37-18-36-27)17-26(19)22-7-11-25(12-8-22)38(34,35)32-20(2)5-6-21(32)3;/h4,7-13,16-17,20-21H,5-6,14-15,18H2,1-3H3,(H,31,33);1H. The first-order valence-electron chi connectivity index (χ1n) is 13.2. The second-order valence-electron chi connectivity index (χ2n) is 10.8. The van der Waals surface area contributed by atoms with E-state index in [-0.39, 0.29) is 26.2 Å². The van der Waals surface area contributed by atoms with Crippen molar-refractivity contribution in [3.8, 4) is 22.6 Å². The Morgan fingerprint density at radius 1 is 0.947 bits per heavy atom. The third-order valence-corrected chi connectivity index (χ3v) is 10.4. The van der Waals surface area contributed by atoms with Gasteiger partial charge < -0.3 is 14.8 Å². The summed E-state index contributed by atoms with van der Waals surface area (Å²) in [5.74, 6) is 1.34. The highest BCUT2D eigenvalue weighted by Crippen LogP contribution is 2.51. The maximum Gasteiger partial charge on any atom is 0.243 e. The molecule has 0 bridgehead atoms. The molecule has 200 valence electrons. The van der Waals surface area contributed by atoms with Crippen molar-refractivity contribution in [1.82, 2.24) is 4.31 Å². The summed E-state index contributed by atoms with van der Waals surface area (Å²) in [6, 6.07) is 18.6. The molecule has 2 atom stereocenters. The van der Waals surface area contributed by atoms with E-state index in [0.29, 0.717) is 22.1 Å². The number of anilines is 1. The van der Waals surface area contributed by atoms with Crippen molar-refractivity contribution in [3.05, 3.63) is 71.8 Å². The molecule has 38 heavy (non-hydrogen) atoms. The highest BCUT2D eigenvalue weighted by Gasteiger charge is 2.51.